The average molecular weight is 543 g/mol. The van der Waals surface area contributed by atoms with Gasteiger partial charge in [-0.15, -0.1) is 10.2 Å². The molecule has 0 saturated carbocycles. The van der Waals surface area contributed by atoms with E-state index in [0.29, 0.717) is 28.1 Å². The van der Waals surface area contributed by atoms with Gasteiger partial charge in [-0.05, 0) is 55.0 Å². The summed E-state index contributed by atoms with van der Waals surface area (Å²) in [7, 11) is 1.57. The second-order valence-corrected chi connectivity index (χ2v) is 9.70. The first kappa shape index (κ1) is 26.1. The van der Waals surface area contributed by atoms with Crippen LogP contribution >= 0.6 is 23.1 Å². The van der Waals surface area contributed by atoms with Gasteiger partial charge in [0.2, 0.25) is 11.0 Å². The Balaban J connectivity index is 1.37. The van der Waals surface area contributed by atoms with Crippen molar-refractivity contribution in [1.29, 1.82) is 0 Å². The number of benzene rings is 2. The predicted octanol–water partition coefficient (Wildman–Crippen LogP) is 4.64. The lowest BCUT2D eigenvalue weighted by Crippen LogP contribution is -2.14. The Morgan fingerprint density at radius 1 is 1.08 bits per heavy atom. The molecule has 10 nitrogen and oxygen atoms in total. The highest BCUT2D eigenvalue weighted by Crippen LogP contribution is 2.27. The van der Waals surface area contributed by atoms with Gasteiger partial charge in [0.1, 0.15) is 11.6 Å². The molecule has 0 radical (unpaired) electrons. The average Bonchev–Trinajstić information content (AvgIpc) is 3.54. The fraction of sp³-hybridized carbons (Fsp3) is 0.208. The van der Waals surface area contributed by atoms with E-state index < -0.39 is 5.91 Å². The molecule has 37 heavy (non-hydrogen) atoms. The Morgan fingerprint density at radius 2 is 1.84 bits per heavy atom. The molecule has 4 rings (SSSR count). The van der Waals surface area contributed by atoms with E-state index in [2.05, 4.69) is 25.9 Å². The van der Waals surface area contributed by atoms with E-state index in [1.165, 1.54) is 28.6 Å². The Kier molecular flexibility index (Phi) is 8.69. The molecule has 13 heteroatoms. The maximum Gasteiger partial charge on any atom is 0.281 e. The number of hydrogen-bond donors (Lipinski definition) is 2. The van der Waals surface area contributed by atoms with Crippen molar-refractivity contribution in [1.82, 2.24) is 20.0 Å². The molecule has 0 aliphatic rings. The Bertz CT molecular complexity index is 1360. The summed E-state index contributed by atoms with van der Waals surface area (Å²) in [6.07, 6.45) is 2.31. The number of halogens is 1. The van der Waals surface area contributed by atoms with Gasteiger partial charge < -0.3 is 14.8 Å². The van der Waals surface area contributed by atoms with Crippen LogP contribution in [0.1, 0.15) is 23.8 Å². The first-order chi connectivity index (χ1) is 17.9. The number of thioether (sulfide) groups is 1. The van der Waals surface area contributed by atoms with E-state index in [9.17, 15) is 14.0 Å². The number of aromatic nitrogens is 4. The molecule has 0 aliphatic carbocycles. The van der Waals surface area contributed by atoms with E-state index in [-0.39, 0.29) is 34.1 Å². The molecule has 0 spiro atoms. The van der Waals surface area contributed by atoms with Crippen molar-refractivity contribution >= 4 is 45.7 Å². The van der Waals surface area contributed by atoms with Gasteiger partial charge in [-0.25, -0.2) is 9.07 Å². The van der Waals surface area contributed by atoms with Gasteiger partial charge in [-0.1, -0.05) is 30.0 Å². The van der Waals surface area contributed by atoms with Crippen molar-refractivity contribution in [2.45, 2.75) is 17.7 Å². The summed E-state index contributed by atoms with van der Waals surface area (Å²) in [6.45, 7) is 2.34. The summed E-state index contributed by atoms with van der Waals surface area (Å²) < 4.78 is 26.0. The van der Waals surface area contributed by atoms with E-state index >= 15 is 0 Å². The fourth-order valence-corrected chi connectivity index (χ4v) is 4.58. The zero-order valence-electron chi connectivity index (χ0n) is 19.9. The highest BCUT2D eigenvalue weighted by atomic mass is 32.2. The predicted molar refractivity (Wildman–Crippen MR) is 140 cm³/mol. The number of nitrogens with zero attached hydrogens (tertiary/aromatic N) is 4. The Labute approximate surface area is 220 Å². The van der Waals surface area contributed by atoms with E-state index in [1.54, 1.807) is 49.7 Å². The molecular weight excluding hydrogens is 519 g/mol. The molecule has 0 saturated heterocycles. The third-order valence-electron chi connectivity index (χ3n) is 4.78. The number of carbonyl (C=O) groups is 2. The molecule has 2 aromatic carbocycles. The third-order valence-corrected chi connectivity index (χ3v) is 6.75. The highest BCUT2D eigenvalue weighted by molar-refractivity contribution is 8.01. The number of amides is 2. The van der Waals surface area contributed by atoms with E-state index in [4.69, 9.17) is 9.47 Å². The lowest BCUT2D eigenvalue weighted by atomic mass is 10.3. The number of methoxy groups -OCH3 is 1. The van der Waals surface area contributed by atoms with Gasteiger partial charge in [0, 0.05) is 5.69 Å². The lowest BCUT2D eigenvalue weighted by molar-refractivity contribution is -0.113. The van der Waals surface area contributed by atoms with Gasteiger partial charge in [-0.2, -0.15) is 5.10 Å². The van der Waals surface area contributed by atoms with Crippen LogP contribution in [0.2, 0.25) is 0 Å². The van der Waals surface area contributed by atoms with Crippen LogP contribution in [0.25, 0.3) is 5.69 Å². The number of nitrogens with one attached hydrogen (secondary N) is 2. The maximum absolute atomic E-state index is 13.3. The van der Waals surface area contributed by atoms with Gasteiger partial charge in [-0.3, -0.25) is 14.9 Å². The van der Waals surface area contributed by atoms with Gasteiger partial charge in [0.05, 0.1) is 31.4 Å². The Hall–Kier alpha value is -3.97. The summed E-state index contributed by atoms with van der Waals surface area (Å²) in [5.41, 5.74) is 1.28. The summed E-state index contributed by atoms with van der Waals surface area (Å²) in [5, 5.41) is 18.0. The molecule has 2 heterocycles. The number of carbonyl (C=O) groups excluding carboxylic acids is 2. The first-order valence-corrected chi connectivity index (χ1v) is 13.0. The van der Waals surface area contributed by atoms with Crippen LogP contribution < -0.4 is 20.1 Å². The number of anilines is 2. The first-order valence-electron chi connectivity index (χ1n) is 11.1. The van der Waals surface area contributed by atoms with Crippen LogP contribution in [0.5, 0.6) is 11.5 Å². The summed E-state index contributed by atoms with van der Waals surface area (Å²) in [5.74, 6) is -0.0115. The topological polar surface area (TPSA) is 120 Å². The van der Waals surface area contributed by atoms with Crippen LogP contribution in [0.4, 0.5) is 15.2 Å². The fourth-order valence-electron chi connectivity index (χ4n) is 3.03. The van der Waals surface area contributed by atoms with Crippen LogP contribution in [-0.2, 0) is 4.79 Å². The van der Waals surface area contributed by atoms with Crippen LogP contribution in [0.15, 0.2) is 59.1 Å². The smallest absolute Gasteiger partial charge is 0.281 e. The Morgan fingerprint density at radius 3 is 2.54 bits per heavy atom. The molecular formula is C24H23FN6O4S2. The zero-order valence-corrected chi connectivity index (χ0v) is 21.6. The largest absolute Gasteiger partial charge is 0.497 e. The second-order valence-electron chi connectivity index (χ2n) is 7.50. The van der Waals surface area contributed by atoms with Crippen molar-refractivity contribution in [3.8, 4) is 17.2 Å². The van der Waals surface area contributed by atoms with E-state index in [1.807, 2.05) is 6.92 Å². The van der Waals surface area contributed by atoms with Crippen molar-refractivity contribution < 1.29 is 23.5 Å². The normalized spacial score (nSPS) is 10.7. The van der Waals surface area contributed by atoms with Crippen LogP contribution in [0, 0.1) is 5.82 Å². The minimum absolute atomic E-state index is 0.0565. The number of hydrogen-bond acceptors (Lipinski definition) is 9. The van der Waals surface area contributed by atoms with Crippen molar-refractivity contribution in [2.24, 2.45) is 0 Å². The molecule has 0 unspecified atom stereocenters. The summed E-state index contributed by atoms with van der Waals surface area (Å²) in [6, 6.07) is 12.7. The third kappa shape index (κ3) is 7.05. The molecule has 0 bridgehead atoms. The van der Waals surface area contributed by atoms with Gasteiger partial charge in [0.15, 0.2) is 15.8 Å². The standard InChI is InChI=1S/C24H23FN6O4S2/c1-3-12-35-19-13-31(17-8-4-15(25)5-9-17)30-21(19)22(33)27-23-28-29-24(37-23)36-14-20(32)26-16-6-10-18(34-2)11-7-16/h4-11,13H,3,12,14H2,1-2H3,(H,26,32)(H,27,28,33). The highest BCUT2D eigenvalue weighted by Gasteiger charge is 2.21. The van der Waals surface area contributed by atoms with Gasteiger partial charge >= 0.3 is 0 Å². The number of ether oxygens (including phenoxy) is 2. The lowest BCUT2D eigenvalue weighted by Gasteiger charge is -2.05. The molecule has 192 valence electrons. The zero-order chi connectivity index (χ0) is 26.2. The molecule has 2 aromatic heterocycles. The SMILES string of the molecule is CCCOc1cn(-c2ccc(F)cc2)nc1C(=O)Nc1nnc(SCC(=O)Nc2ccc(OC)cc2)s1. The minimum Gasteiger partial charge on any atom is -0.497 e. The molecule has 0 fully saturated rings. The number of rotatable bonds is 11. The monoisotopic (exact) mass is 542 g/mol. The molecule has 2 N–H and O–H groups in total. The van der Waals surface area contributed by atoms with Crippen LogP contribution in [-0.4, -0.2) is 51.3 Å². The molecule has 0 aliphatic heterocycles. The molecule has 4 aromatic rings. The van der Waals surface area contributed by atoms with Gasteiger partial charge in [0.25, 0.3) is 5.91 Å². The second kappa shape index (κ2) is 12.3. The summed E-state index contributed by atoms with van der Waals surface area (Å²) >= 11 is 2.33. The van der Waals surface area contributed by atoms with Crippen molar-refractivity contribution in [3.05, 3.63) is 66.2 Å². The van der Waals surface area contributed by atoms with Crippen LogP contribution in [0.3, 0.4) is 0 Å². The summed E-state index contributed by atoms with van der Waals surface area (Å²) in [4.78, 5) is 25.2. The molecule has 0 atom stereocenters. The van der Waals surface area contributed by atoms with E-state index in [0.717, 1.165) is 17.8 Å². The quantitative estimate of drug-likeness (QED) is 0.208. The van der Waals surface area contributed by atoms with Crippen molar-refractivity contribution in [2.75, 3.05) is 30.1 Å². The maximum atomic E-state index is 13.3. The van der Waals surface area contributed by atoms with Crippen molar-refractivity contribution in [3.63, 3.8) is 0 Å². The minimum atomic E-state index is -0.531. The molecule has 2 amide bonds.